The highest BCUT2D eigenvalue weighted by atomic mass is 19.1. The van der Waals surface area contributed by atoms with Gasteiger partial charge < -0.3 is 14.5 Å². The molecule has 1 saturated heterocycles. The summed E-state index contributed by atoms with van der Waals surface area (Å²) in [6.07, 6.45) is 3.13. The molecule has 5 heteroatoms. The maximum Gasteiger partial charge on any atom is 0.246 e. The van der Waals surface area contributed by atoms with Crippen LogP contribution in [0, 0.1) is 5.82 Å². The number of hydrogen-bond donors (Lipinski definition) is 0. The second-order valence-corrected chi connectivity index (χ2v) is 5.88. The SMILES string of the molecule is COc1ccc(/C=C/C(=O)N2CCN(c3ccccc3)CC2)cc1F. The molecule has 0 aromatic heterocycles. The van der Waals surface area contributed by atoms with E-state index in [2.05, 4.69) is 17.0 Å². The standard InChI is InChI=1S/C20H21FN2O2/c1-25-19-9-7-16(15-18(19)21)8-10-20(24)23-13-11-22(12-14-23)17-5-3-2-4-6-17/h2-10,15H,11-14H2,1H3/b10-8+. The van der Waals surface area contributed by atoms with Gasteiger partial charge in [-0.15, -0.1) is 0 Å². The van der Waals surface area contributed by atoms with E-state index in [4.69, 9.17) is 4.74 Å². The fraction of sp³-hybridized carbons (Fsp3) is 0.250. The van der Waals surface area contributed by atoms with Gasteiger partial charge in [0.25, 0.3) is 0 Å². The van der Waals surface area contributed by atoms with E-state index in [1.165, 1.54) is 24.9 Å². The van der Waals surface area contributed by atoms with Crippen molar-refractivity contribution in [2.24, 2.45) is 0 Å². The molecule has 0 unspecified atom stereocenters. The number of carbonyl (C=O) groups is 1. The third kappa shape index (κ3) is 4.18. The molecule has 25 heavy (non-hydrogen) atoms. The highest BCUT2D eigenvalue weighted by Gasteiger charge is 2.19. The van der Waals surface area contributed by atoms with Gasteiger partial charge in [0.2, 0.25) is 5.91 Å². The van der Waals surface area contributed by atoms with Crippen molar-refractivity contribution < 1.29 is 13.9 Å². The topological polar surface area (TPSA) is 32.8 Å². The summed E-state index contributed by atoms with van der Waals surface area (Å²) in [5.74, 6) is -0.293. The molecule has 130 valence electrons. The average molecular weight is 340 g/mol. The summed E-state index contributed by atoms with van der Waals surface area (Å²) >= 11 is 0. The fourth-order valence-electron chi connectivity index (χ4n) is 2.88. The lowest BCUT2D eigenvalue weighted by atomic mass is 10.2. The number of piperazine rings is 1. The highest BCUT2D eigenvalue weighted by molar-refractivity contribution is 5.92. The molecule has 0 atom stereocenters. The van der Waals surface area contributed by atoms with Gasteiger partial charge in [0.15, 0.2) is 11.6 Å². The Morgan fingerprint density at radius 2 is 1.80 bits per heavy atom. The van der Waals surface area contributed by atoms with Gasteiger partial charge in [-0.3, -0.25) is 4.79 Å². The summed E-state index contributed by atoms with van der Waals surface area (Å²) in [5, 5.41) is 0. The van der Waals surface area contributed by atoms with Crippen LogP contribution in [0.1, 0.15) is 5.56 Å². The third-order valence-corrected chi connectivity index (χ3v) is 4.31. The van der Waals surface area contributed by atoms with Gasteiger partial charge in [-0.2, -0.15) is 0 Å². The van der Waals surface area contributed by atoms with Crippen LogP contribution in [0.2, 0.25) is 0 Å². The molecular formula is C20H21FN2O2. The zero-order chi connectivity index (χ0) is 17.6. The van der Waals surface area contributed by atoms with Gasteiger partial charge in [-0.05, 0) is 35.9 Å². The van der Waals surface area contributed by atoms with E-state index in [-0.39, 0.29) is 11.7 Å². The Balaban J connectivity index is 1.57. The Labute approximate surface area is 147 Å². The van der Waals surface area contributed by atoms with Crippen LogP contribution < -0.4 is 9.64 Å². The van der Waals surface area contributed by atoms with Crippen LogP contribution in [0.5, 0.6) is 5.75 Å². The molecule has 1 amide bonds. The minimum atomic E-state index is -0.437. The molecule has 0 saturated carbocycles. The van der Waals surface area contributed by atoms with Crippen molar-refractivity contribution >= 4 is 17.7 Å². The zero-order valence-corrected chi connectivity index (χ0v) is 14.2. The first-order chi connectivity index (χ1) is 12.2. The summed E-state index contributed by atoms with van der Waals surface area (Å²) in [7, 11) is 1.42. The van der Waals surface area contributed by atoms with Crippen LogP contribution in [0.3, 0.4) is 0 Å². The first kappa shape index (κ1) is 17.0. The number of hydrogen-bond acceptors (Lipinski definition) is 3. The molecule has 1 fully saturated rings. The zero-order valence-electron chi connectivity index (χ0n) is 14.2. The fourth-order valence-corrected chi connectivity index (χ4v) is 2.88. The maximum atomic E-state index is 13.7. The predicted molar refractivity (Wildman–Crippen MR) is 97.2 cm³/mol. The largest absolute Gasteiger partial charge is 0.494 e. The Morgan fingerprint density at radius 1 is 1.08 bits per heavy atom. The number of halogens is 1. The number of para-hydroxylation sites is 1. The molecule has 0 N–H and O–H groups in total. The molecular weight excluding hydrogens is 319 g/mol. The smallest absolute Gasteiger partial charge is 0.246 e. The van der Waals surface area contributed by atoms with E-state index in [9.17, 15) is 9.18 Å². The number of amides is 1. The lowest BCUT2D eigenvalue weighted by molar-refractivity contribution is -0.126. The molecule has 1 aliphatic rings. The van der Waals surface area contributed by atoms with Crippen LogP contribution in [0.4, 0.5) is 10.1 Å². The Hall–Kier alpha value is -2.82. The van der Waals surface area contributed by atoms with Crippen LogP contribution in [0.25, 0.3) is 6.08 Å². The van der Waals surface area contributed by atoms with E-state index in [1.807, 2.05) is 23.1 Å². The number of ether oxygens (including phenoxy) is 1. The number of carbonyl (C=O) groups excluding carboxylic acids is 1. The average Bonchev–Trinajstić information content (AvgIpc) is 2.67. The normalized spacial score (nSPS) is 14.8. The van der Waals surface area contributed by atoms with Crippen molar-refractivity contribution in [3.8, 4) is 5.75 Å². The van der Waals surface area contributed by atoms with Gasteiger partial charge in [-0.1, -0.05) is 24.3 Å². The Bertz CT molecular complexity index is 754. The summed E-state index contributed by atoms with van der Waals surface area (Å²) in [4.78, 5) is 16.4. The van der Waals surface area contributed by atoms with Gasteiger partial charge in [0, 0.05) is 37.9 Å². The second kappa shape index (κ2) is 7.83. The molecule has 1 aliphatic heterocycles. The predicted octanol–water partition coefficient (Wildman–Crippen LogP) is 3.20. The molecule has 1 heterocycles. The lowest BCUT2D eigenvalue weighted by Gasteiger charge is -2.35. The second-order valence-electron chi connectivity index (χ2n) is 5.88. The number of benzene rings is 2. The molecule has 0 bridgehead atoms. The Kier molecular flexibility index (Phi) is 5.33. The first-order valence-electron chi connectivity index (χ1n) is 8.28. The molecule has 2 aromatic rings. The van der Waals surface area contributed by atoms with Crippen molar-refractivity contribution in [3.05, 3.63) is 66.0 Å². The quantitative estimate of drug-likeness (QED) is 0.802. The van der Waals surface area contributed by atoms with Crippen molar-refractivity contribution in [2.75, 3.05) is 38.2 Å². The molecule has 2 aromatic carbocycles. The molecule has 0 radical (unpaired) electrons. The van der Waals surface area contributed by atoms with Gasteiger partial charge in [0.05, 0.1) is 7.11 Å². The van der Waals surface area contributed by atoms with Crippen LogP contribution in [-0.2, 0) is 4.79 Å². The van der Waals surface area contributed by atoms with Gasteiger partial charge >= 0.3 is 0 Å². The van der Waals surface area contributed by atoms with Gasteiger partial charge in [-0.25, -0.2) is 4.39 Å². The van der Waals surface area contributed by atoms with Crippen LogP contribution >= 0.6 is 0 Å². The monoisotopic (exact) mass is 340 g/mol. The number of nitrogens with zero attached hydrogens (tertiary/aromatic N) is 2. The Morgan fingerprint density at radius 3 is 2.44 bits per heavy atom. The molecule has 3 rings (SSSR count). The van der Waals surface area contributed by atoms with E-state index in [1.54, 1.807) is 18.2 Å². The van der Waals surface area contributed by atoms with E-state index >= 15 is 0 Å². The first-order valence-corrected chi connectivity index (χ1v) is 8.28. The van der Waals surface area contributed by atoms with Crippen LogP contribution in [-0.4, -0.2) is 44.1 Å². The third-order valence-electron chi connectivity index (χ3n) is 4.31. The van der Waals surface area contributed by atoms with E-state index in [0.717, 1.165) is 13.1 Å². The number of methoxy groups -OCH3 is 1. The number of anilines is 1. The van der Waals surface area contributed by atoms with E-state index < -0.39 is 5.82 Å². The van der Waals surface area contributed by atoms with Crippen LogP contribution in [0.15, 0.2) is 54.6 Å². The number of rotatable bonds is 4. The molecule has 4 nitrogen and oxygen atoms in total. The van der Waals surface area contributed by atoms with Gasteiger partial charge in [0.1, 0.15) is 0 Å². The minimum absolute atomic E-state index is 0.0519. The van der Waals surface area contributed by atoms with Crippen molar-refractivity contribution in [1.29, 1.82) is 0 Å². The summed E-state index contributed by atoms with van der Waals surface area (Å²) < 4.78 is 18.6. The van der Waals surface area contributed by atoms with Crippen molar-refractivity contribution in [3.63, 3.8) is 0 Å². The summed E-state index contributed by atoms with van der Waals surface area (Å²) in [6, 6.07) is 14.8. The molecule has 0 spiro atoms. The molecule has 0 aliphatic carbocycles. The summed E-state index contributed by atoms with van der Waals surface area (Å²) in [5.41, 5.74) is 1.81. The summed E-state index contributed by atoms with van der Waals surface area (Å²) in [6.45, 7) is 2.96. The maximum absolute atomic E-state index is 13.7. The van der Waals surface area contributed by atoms with Crippen molar-refractivity contribution in [2.45, 2.75) is 0 Å². The minimum Gasteiger partial charge on any atom is -0.494 e. The lowest BCUT2D eigenvalue weighted by Crippen LogP contribution is -2.48. The van der Waals surface area contributed by atoms with Crippen molar-refractivity contribution in [1.82, 2.24) is 4.90 Å². The van der Waals surface area contributed by atoms with E-state index in [0.29, 0.717) is 18.7 Å². The highest BCUT2D eigenvalue weighted by Crippen LogP contribution is 2.19.